The topological polar surface area (TPSA) is 103 Å². The van der Waals surface area contributed by atoms with E-state index in [0.29, 0.717) is 12.8 Å². The highest BCUT2D eigenvalue weighted by atomic mass is 16.6. The van der Waals surface area contributed by atoms with Gasteiger partial charge in [0.15, 0.2) is 0 Å². The summed E-state index contributed by atoms with van der Waals surface area (Å²) >= 11 is 0. The second-order valence-corrected chi connectivity index (χ2v) is 5.92. The van der Waals surface area contributed by atoms with Crippen LogP contribution in [0.5, 0.6) is 0 Å². The first-order valence-corrected chi connectivity index (χ1v) is 7.17. The van der Waals surface area contributed by atoms with Gasteiger partial charge in [0, 0.05) is 12.3 Å². The fraction of sp³-hybridized carbons (Fsp3) is 0.929. The summed E-state index contributed by atoms with van der Waals surface area (Å²) < 4.78 is 11.8. The second kappa shape index (κ2) is 6.37. The number of aliphatic hydroxyl groups is 3. The number of fused-ring (bicyclic) bond motifs is 1. The molecule has 0 saturated carbocycles. The summed E-state index contributed by atoms with van der Waals surface area (Å²) in [6.07, 6.45) is 0.728. The summed E-state index contributed by atoms with van der Waals surface area (Å²) in [5, 5.41) is 37.3. The zero-order chi connectivity index (χ0) is 14.8. The molecular weight excluding hydrogens is 262 g/mol. The Morgan fingerprint density at radius 2 is 2.15 bits per heavy atom. The highest BCUT2D eigenvalue weighted by molar-refractivity contribution is 5.03. The number of hydrogen-bond donors (Lipinski definition) is 3. The SMILES string of the molecule is CC(C#N)CC1CCC2OC(C(O)CO)CC2(CO)O1. The Kier molecular flexibility index (Phi) is 4.99. The van der Waals surface area contributed by atoms with Gasteiger partial charge in [-0.3, -0.25) is 0 Å². The maximum atomic E-state index is 9.72. The Labute approximate surface area is 118 Å². The summed E-state index contributed by atoms with van der Waals surface area (Å²) in [7, 11) is 0. The molecular formula is C14H23NO5. The van der Waals surface area contributed by atoms with Crippen LogP contribution in [0.2, 0.25) is 0 Å². The minimum absolute atomic E-state index is 0.0679. The van der Waals surface area contributed by atoms with Gasteiger partial charge in [0.2, 0.25) is 0 Å². The van der Waals surface area contributed by atoms with Gasteiger partial charge in [-0.05, 0) is 26.2 Å². The van der Waals surface area contributed by atoms with Gasteiger partial charge in [0.25, 0.3) is 0 Å². The van der Waals surface area contributed by atoms with Crippen molar-refractivity contribution in [1.29, 1.82) is 5.26 Å². The number of rotatable bonds is 5. The zero-order valence-electron chi connectivity index (χ0n) is 11.7. The number of nitriles is 1. The summed E-state index contributed by atoms with van der Waals surface area (Å²) in [5.41, 5.74) is -0.807. The van der Waals surface area contributed by atoms with Gasteiger partial charge in [-0.25, -0.2) is 0 Å². The molecule has 0 aromatic carbocycles. The van der Waals surface area contributed by atoms with Gasteiger partial charge in [-0.1, -0.05) is 0 Å². The molecule has 6 nitrogen and oxygen atoms in total. The summed E-state index contributed by atoms with van der Waals surface area (Å²) in [6, 6.07) is 2.19. The molecule has 6 atom stereocenters. The van der Waals surface area contributed by atoms with E-state index in [1.54, 1.807) is 0 Å². The first kappa shape index (κ1) is 15.7. The molecule has 0 aromatic rings. The van der Waals surface area contributed by atoms with Gasteiger partial charge in [-0.15, -0.1) is 0 Å². The van der Waals surface area contributed by atoms with Crippen molar-refractivity contribution in [3.63, 3.8) is 0 Å². The highest BCUT2D eigenvalue weighted by Gasteiger charge is 2.54. The Bertz CT molecular complexity index is 371. The fourth-order valence-corrected chi connectivity index (χ4v) is 3.20. The predicted octanol–water partition coefficient (Wildman–Crippen LogP) is -0.0430. The van der Waals surface area contributed by atoms with E-state index in [-0.39, 0.29) is 31.3 Å². The fourth-order valence-electron chi connectivity index (χ4n) is 3.20. The van der Waals surface area contributed by atoms with Crippen molar-refractivity contribution < 1.29 is 24.8 Å². The van der Waals surface area contributed by atoms with Crippen LogP contribution < -0.4 is 0 Å². The summed E-state index contributed by atoms with van der Waals surface area (Å²) in [6.45, 7) is 1.31. The third-order valence-corrected chi connectivity index (χ3v) is 4.35. The van der Waals surface area contributed by atoms with Crippen LogP contribution in [0.3, 0.4) is 0 Å². The van der Waals surface area contributed by atoms with Crippen LogP contribution in [-0.4, -0.2) is 58.6 Å². The molecule has 6 unspecified atom stereocenters. The van der Waals surface area contributed by atoms with E-state index in [9.17, 15) is 10.2 Å². The Morgan fingerprint density at radius 1 is 1.40 bits per heavy atom. The van der Waals surface area contributed by atoms with Gasteiger partial charge < -0.3 is 24.8 Å². The first-order valence-electron chi connectivity index (χ1n) is 7.17. The Morgan fingerprint density at radius 3 is 2.75 bits per heavy atom. The number of ether oxygens (including phenoxy) is 2. The molecule has 0 aliphatic carbocycles. The summed E-state index contributed by atoms with van der Waals surface area (Å²) in [5.74, 6) is -0.0894. The minimum atomic E-state index is -0.955. The van der Waals surface area contributed by atoms with Crippen molar-refractivity contribution in [1.82, 2.24) is 0 Å². The third-order valence-electron chi connectivity index (χ3n) is 4.35. The average Bonchev–Trinajstić information content (AvgIpc) is 2.85. The van der Waals surface area contributed by atoms with Crippen LogP contribution in [0.4, 0.5) is 0 Å². The molecule has 20 heavy (non-hydrogen) atoms. The Hall–Kier alpha value is -0.710. The normalized spacial score (nSPS) is 39.9. The van der Waals surface area contributed by atoms with E-state index in [1.807, 2.05) is 6.92 Å². The van der Waals surface area contributed by atoms with Gasteiger partial charge in [0.1, 0.15) is 11.7 Å². The molecule has 2 heterocycles. The van der Waals surface area contributed by atoms with Gasteiger partial charge >= 0.3 is 0 Å². The van der Waals surface area contributed by atoms with Crippen LogP contribution in [0.1, 0.15) is 32.6 Å². The lowest BCUT2D eigenvalue weighted by atomic mass is 9.85. The predicted molar refractivity (Wildman–Crippen MR) is 69.7 cm³/mol. The number of nitrogens with zero attached hydrogens (tertiary/aromatic N) is 1. The molecule has 3 N–H and O–H groups in total. The van der Waals surface area contributed by atoms with E-state index in [4.69, 9.17) is 19.8 Å². The van der Waals surface area contributed by atoms with Crippen molar-refractivity contribution in [2.24, 2.45) is 5.92 Å². The number of aliphatic hydroxyl groups excluding tert-OH is 3. The lowest BCUT2D eigenvalue weighted by Crippen LogP contribution is -2.51. The number of hydrogen-bond acceptors (Lipinski definition) is 6. The molecule has 0 radical (unpaired) electrons. The van der Waals surface area contributed by atoms with Gasteiger partial charge in [-0.2, -0.15) is 5.26 Å². The van der Waals surface area contributed by atoms with Crippen LogP contribution in [0.25, 0.3) is 0 Å². The van der Waals surface area contributed by atoms with Crippen LogP contribution in [0, 0.1) is 17.2 Å². The molecule has 2 fully saturated rings. The smallest absolute Gasteiger partial charge is 0.120 e. The molecule has 2 aliphatic heterocycles. The lowest BCUT2D eigenvalue weighted by molar-refractivity contribution is -0.186. The van der Waals surface area contributed by atoms with Gasteiger partial charge in [0.05, 0.1) is 37.6 Å². The monoisotopic (exact) mass is 285 g/mol. The largest absolute Gasteiger partial charge is 0.394 e. The van der Waals surface area contributed by atoms with E-state index in [2.05, 4.69) is 6.07 Å². The molecule has 6 heteroatoms. The molecule has 0 bridgehead atoms. The molecule has 0 amide bonds. The lowest BCUT2D eigenvalue weighted by Gasteiger charge is -2.41. The molecule has 114 valence electrons. The highest BCUT2D eigenvalue weighted by Crippen LogP contribution is 2.43. The maximum Gasteiger partial charge on any atom is 0.120 e. The van der Waals surface area contributed by atoms with Crippen molar-refractivity contribution >= 4 is 0 Å². The van der Waals surface area contributed by atoms with E-state index in [0.717, 1.165) is 12.8 Å². The Balaban J connectivity index is 2.04. The molecule has 0 spiro atoms. The van der Waals surface area contributed by atoms with E-state index >= 15 is 0 Å². The zero-order valence-corrected chi connectivity index (χ0v) is 11.7. The van der Waals surface area contributed by atoms with Crippen LogP contribution in [-0.2, 0) is 9.47 Å². The van der Waals surface area contributed by atoms with Crippen molar-refractivity contribution in [3.05, 3.63) is 0 Å². The molecule has 0 aromatic heterocycles. The molecule has 2 aliphatic rings. The second-order valence-electron chi connectivity index (χ2n) is 5.92. The molecule has 2 saturated heterocycles. The van der Waals surface area contributed by atoms with Crippen molar-refractivity contribution in [3.8, 4) is 6.07 Å². The quantitative estimate of drug-likeness (QED) is 0.655. The van der Waals surface area contributed by atoms with Crippen molar-refractivity contribution in [2.75, 3.05) is 13.2 Å². The van der Waals surface area contributed by atoms with E-state index in [1.165, 1.54) is 0 Å². The first-order chi connectivity index (χ1) is 9.54. The maximum absolute atomic E-state index is 9.72. The standard InChI is InChI=1S/C14H23NO5/c1-9(6-15)4-10-2-3-13-14(8-17,20-10)5-12(19-13)11(18)7-16/h9-13,16-18H,2-5,7-8H2,1H3. The third kappa shape index (κ3) is 2.97. The van der Waals surface area contributed by atoms with E-state index < -0.39 is 17.8 Å². The van der Waals surface area contributed by atoms with Crippen LogP contribution in [0.15, 0.2) is 0 Å². The average molecular weight is 285 g/mol. The minimum Gasteiger partial charge on any atom is -0.394 e. The van der Waals surface area contributed by atoms with Crippen molar-refractivity contribution in [2.45, 2.75) is 62.6 Å². The summed E-state index contributed by atoms with van der Waals surface area (Å²) in [4.78, 5) is 0. The molecule has 2 rings (SSSR count). The van der Waals surface area contributed by atoms with Crippen LogP contribution >= 0.6 is 0 Å².